The third kappa shape index (κ3) is 8.89. The second-order valence-corrected chi connectivity index (χ2v) is 19.5. The first kappa shape index (κ1) is 45.3. The zero-order chi connectivity index (χ0) is 44.1. The van der Waals surface area contributed by atoms with E-state index in [2.05, 4.69) is 55.8 Å². The summed E-state index contributed by atoms with van der Waals surface area (Å²) in [6.45, 7) is 14.8. The van der Waals surface area contributed by atoms with Crippen molar-refractivity contribution >= 4 is 47.0 Å². The maximum Gasteiger partial charge on any atom is 0.348 e. The lowest BCUT2D eigenvalue weighted by atomic mass is 9.89. The standard InChI is InChI=1S/C48H54ClN9O4S.ClH/c1-27(2)37-23-38(41(60)25-40(37)59)45-52-54-48(62)58(45)36-12-6-31(7-13-36)22-32-14-18-55(19-15-32)26-33-16-20-56(21-17-33)42(61)24-39-46-53-51-30(5)57(46)47-43(28(3)29(4)63-47)44(50-39)34-8-10-35(49)11-9-34;/h6-13,23,25,27,32-33,39,59-60H,14-22,24,26H2,1-5H3,(H,54,62);1H/t39-;/m0./s1. The summed E-state index contributed by atoms with van der Waals surface area (Å²) in [6, 6.07) is 18.3. The molecule has 6 aromatic rings. The van der Waals surface area contributed by atoms with Gasteiger partial charge >= 0.3 is 5.69 Å². The number of benzene rings is 3. The van der Waals surface area contributed by atoms with Crippen molar-refractivity contribution in [2.75, 3.05) is 32.7 Å². The molecule has 3 aromatic carbocycles. The number of halogens is 2. The molecule has 1 atom stereocenters. The van der Waals surface area contributed by atoms with Gasteiger partial charge in [-0.15, -0.1) is 33.9 Å². The minimum absolute atomic E-state index is 0. The number of carbonyl (C=O) groups is 1. The van der Waals surface area contributed by atoms with Crippen molar-refractivity contribution in [1.29, 1.82) is 0 Å². The van der Waals surface area contributed by atoms with Crippen LogP contribution in [0.3, 0.4) is 0 Å². The number of hydrogen-bond acceptors (Lipinski definition) is 10. The number of carbonyl (C=O) groups excluding carboxylic acids is 1. The highest BCUT2D eigenvalue weighted by atomic mass is 35.5. The molecule has 0 radical (unpaired) electrons. The fourth-order valence-corrected chi connectivity index (χ4v) is 10.9. The summed E-state index contributed by atoms with van der Waals surface area (Å²) in [6.07, 6.45) is 5.42. The van der Waals surface area contributed by atoms with Crippen LogP contribution in [-0.2, 0) is 11.2 Å². The maximum absolute atomic E-state index is 14.1. The average molecular weight is 925 g/mol. The van der Waals surface area contributed by atoms with Crippen LogP contribution < -0.4 is 5.69 Å². The van der Waals surface area contributed by atoms with E-state index in [-0.39, 0.29) is 48.0 Å². The summed E-state index contributed by atoms with van der Waals surface area (Å²) in [7, 11) is 0. The van der Waals surface area contributed by atoms with E-state index in [9.17, 15) is 19.8 Å². The van der Waals surface area contributed by atoms with E-state index in [4.69, 9.17) is 16.6 Å². The van der Waals surface area contributed by atoms with Gasteiger partial charge in [0.15, 0.2) is 11.6 Å². The summed E-state index contributed by atoms with van der Waals surface area (Å²) in [5.41, 5.74) is 6.56. The number of H-pyrrole nitrogens is 1. The lowest BCUT2D eigenvalue weighted by Gasteiger charge is -2.38. The third-order valence-electron chi connectivity index (χ3n) is 13.3. The van der Waals surface area contributed by atoms with E-state index >= 15 is 0 Å². The van der Waals surface area contributed by atoms with Crippen LogP contribution >= 0.6 is 35.3 Å². The summed E-state index contributed by atoms with van der Waals surface area (Å²) in [4.78, 5) is 38.2. The number of aryl methyl sites for hydroxylation is 2. The molecule has 2 saturated heterocycles. The number of piperidine rings is 2. The van der Waals surface area contributed by atoms with Crippen LogP contribution in [0.4, 0.5) is 0 Å². The van der Waals surface area contributed by atoms with E-state index in [0.29, 0.717) is 39.5 Å². The zero-order valence-corrected chi connectivity index (χ0v) is 39.2. The largest absolute Gasteiger partial charge is 0.508 e. The number of likely N-dealkylation sites (tertiary alicyclic amines) is 2. The second kappa shape index (κ2) is 18.7. The normalized spacial score (nSPS) is 17.2. The fraction of sp³-hybridized carbons (Fsp3) is 0.417. The zero-order valence-electron chi connectivity index (χ0n) is 36.8. The van der Waals surface area contributed by atoms with Crippen LogP contribution in [0.2, 0.25) is 5.02 Å². The Bertz CT molecular complexity index is 2740. The van der Waals surface area contributed by atoms with Gasteiger partial charge in [-0.05, 0) is 131 Å². The molecule has 64 heavy (non-hydrogen) atoms. The number of fused-ring (bicyclic) bond motifs is 3. The molecule has 6 heterocycles. The minimum Gasteiger partial charge on any atom is -0.508 e. The van der Waals surface area contributed by atoms with Crippen LogP contribution in [0.5, 0.6) is 11.5 Å². The van der Waals surface area contributed by atoms with Crippen LogP contribution in [0, 0.1) is 32.6 Å². The third-order valence-corrected chi connectivity index (χ3v) is 14.8. The maximum atomic E-state index is 14.1. The van der Waals surface area contributed by atoms with Crippen molar-refractivity contribution < 1.29 is 15.0 Å². The molecule has 1 amide bonds. The SMILES string of the molecule is Cc1sc2c(c1C)C(c1ccc(Cl)cc1)=N[C@@H](CC(=O)N1CCC(CN3CCC(Cc4ccc(-n5c(-c6cc(C(C)C)c(O)cc6O)n[nH]c5=O)cc4)CC3)CC1)c1nnc(C)n1-2.Cl. The summed E-state index contributed by atoms with van der Waals surface area (Å²) < 4.78 is 3.56. The van der Waals surface area contributed by atoms with Crippen molar-refractivity contribution in [2.45, 2.75) is 85.1 Å². The molecule has 3 aliphatic rings. The Morgan fingerprint density at radius 3 is 2.27 bits per heavy atom. The number of aromatic nitrogens is 6. The Kier molecular flexibility index (Phi) is 13.2. The van der Waals surface area contributed by atoms with E-state index in [1.54, 1.807) is 17.4 Å². The van der Waals surface area contributed by atoms with Gasteiger partial charge in [0.2, 0.25) is 5.91 Å². The number of rotatable bonds is 10. The Labute approximate surface area is 388 Å². The van der Waals surface area contributed by atoms with Gasteiger partial charge in [0, 0.05) is 46.7 Å². The van der Waals surface area contributed by atoms with Crippen LogP contribution in [0.15, 0.2) is 70.5 Å². The first-order valence-electron chi connectivity index (χ1n) is 22.0. The molecular formula is C48H55Cl2N9O4S. The number of nitrogens with zero attached hydrogens (tertiary/aromatic N) is 8. The number of hydrogen-bond donors (Lipinski definition) is 3. The molecule has 3 aliphatic heterocycles. The predicted octanol–water partition coefficient (Wildman–Crippen LogP) is 8.88. The summed E-state index contributed by atoms with van der Waals surface area (Å²) in [5.74, 6) is 2.88. The Balaban J connectivity index is 0.00000560. The number of phenols is 2. The molecule has 0 bridgehead atoms. The van der Waals surface area contributed by atoms with Gasteiger partial charge in [-0.2, -0.15) is 5.10 Å². The van der Waals surface area contributed by atoms with Gasteiger partial charge in [-0.25, -0.2) is 14.5 Å². The topological polar surface area (TPSA) is 158 Å². The number of aromatic hydroxyl groups is 2. The van der Waals surface area contributed by atoms with Crippen LogP contribution in [-0.4, -0.2) is 93.9 Å². The monoisotopic (exact) mass is 923 g/mol. The molecule has 9 rings (SSSR count). The van der Waals surface area contributed by atoms with Gasteiger partial charge < -0.3 is 20.0 Å². The number of aromatic amines is 1. The minimum atomic E-state index is -0.472. The van der Waals surface area contributed by atoms with Crippen LogP contribution in [0.1, 0.15) is 102 Å². The number of amides is 1. The number of nitrogens with one attached hydrogen (secondary N) is 1. The van der Waals surface area contributed by atoms with Crippen molar-refractivity contribution in [1.82, 2.24) is 39.3 Å². The second-order valence-electron chi connectivity index (χ2n) is 17.8. The quantitative estimate of drug-likeness (QED) is 0.123. The van der Waals surface area contributed by atoms with E-state index in [1.807, 2.05) is 62.1 Å². The van der Waals surface area contributed by atoms with Gasteiger partial charge in [0.25, 0.3) is 0 Å². The number of aliphatic imine (C=N–C) groups is 1. The molecule has 0 spiro atoms. The highest BCUT2D eigenvalue weighted by molar-refractivity contribution is 7.15. The molecule has 13 nitrogen and oxygen atoms in total. The first-order valence-corrected chi connectivity index (χ1v) is 23.2. The van der Waals surface area contributed by atoms with Crippen molar-refractivity contribution in [3.63, 3.8) is 0 Å². The molecule has 2 fully saturated rings. The smallest absolute Gasteiger partial charge is 0.348 e. The van der Waals surface area contributed by atoms with Gasteiger partial charge in [-0.3, -0.25) is 14.4 Å². The summed E-state index contributed by atoms with van der Waals surface area (Å²) in [5, 5.41) is 38.6. The molecule has 0 unspecified atom stereocenters. The average Bonchev–Trinajstić information content (AvgIpc) is 3.91. The lowest BCUT2D eigenvalue weighted by Crippen LogP contribution is -2.43. The van der Waals surface area contributed by atoms with Gasteiger partial charge in [0.1, 0.15) is 28.4 Å². The highest BCUT2D eigenvalue weighted by Gasteiger charge is 2.34. The molecular weight excluding hydrogens is 870 g/mol. The number of thiophene rings is 1. The van der Waals surface area contributed by atoms with E-state index < -0.39 is 11.7 Å². The molecule has 16 heteroatoms. The Morgan fingerprint density at radius 1 is 0.891 bits per heavy atom. The summed E-state index contributed by atoms with van der Waals surface area (Å²) >= 11 is 8.01. The predicted molar refractivity (Wildman–Crippen MR) is 254 cm³/mol. The van der Waals surface area contributed by atoms with Crippen molar-refractivity contribution in [3.8, 4) is 33.6 Å². The number of phenolic OH excluding ortho intramolecular Hbond substituents is 2. The highest BCUT2D eigenvalue weighted by Crippen LogP contribution is 2.41. The Morgan fingerprint density at radius 2 is 1.58 bits per heavy atom. The van der Waals surface area contributed by atoms with E-state index in [0.717, 1.165) is 92.5 Å². The molecule has 336 valence electrons. The first-order chi connectivity index (χ1) is 30.3. The Hall–Kier alpha value is -5.28. The van der Waals surface area contributed by atoms with Crippen molar-refractivity contribution in [2.24, 2.45) is 16.8 Å². The van der Waals surface area contributed by atoms with Gasteiger partial charge in [0.05, 0.1) is 23.4 Å². The molecule has 3 aromatic heterocycles. The molecule has 0 saturated carbocycles. The van der Waals surface area contributed by atoms with E-state index in [1.165, 1.54) is 26.6 Å². The molecule has 3 N–H and O–H groups in total. The van der Waals surface area contributed by atoms with Gasteiger partial charge in [-0.1, -0.05) is 49.7 Å². The fourth-order valence-electron chi connectivity index (χ4n) is 9.60. The van der Waals surface area contributed by atoms with Crippen LogP contribution in [0.25, 0.3) is 22.1 Å². The molecule has 0 aliphatic carbocycles. The van der Waals surface area contributed by atoms with Crippen molar-refractivity contribution in [3.05, 3.63) is 121 Å². The lowest BCUT2D eigenvalue weighted by molar-refractivity contribution is -0.133.